The van der Waals surface area contributed by atoms with Gasteiger partial charge in [0.05, 0.1) is 4.90 Å². The minimum absolute atomic E-state index is 0.0180. The molecule has 1 aliphatic rings. The van der Waals surface area contributed by atoms with Crippen molar-refractivity contribution in [2.75, 3.05) is 25.4 Å². The number of nitrogens with two attached hydrogens (primary N) is 1. The topological polar surface area (TPSA) is 83.6 Å². The monoisotopic (exact) mass is 334 g/mol. The lowest BCUT2D eigenvalue weighted by Gasteiger charge is -2.17. The summed E-state index contributed by atoms with van der Waals surface area (Å²) < 4.78 is 26.8. The summed E-state index contributed by atoms with van der Waals surface area (Å²) in [5, 5.41) is 9.07. The van der Waals surface area contributed by atoms with E-state index < -0.39 is 10.0 Å². The molecule has 100 valence electrons. The van der Waals surface area contributed by atoms with Gasteiger partial charge in [-0.25, -0.2) is 8.42 Å². The Morgan fingerprint density at radius 1 is 1.50 bits per heavy atom. The van der Waals surface area contributed by atoms with Crippen molar-refractivity contribution in [2.24, 2.45) is 5.92 Å². The van der Waals surface area contributed by atoms with Crippen molar-refractivity contribution >= 4 is 31.6 Å². The van der Waals surface area contributed by atoms with E-state index in [0.29, 0.717) is 29.7 Å². The fourth-order valence-electron chi connectivity index (χ4n) is 2.02. The highest BCUT2D eigenvalue weighted by Crippen LogP contribution is 2.30. The van der Waals surface area contributed by atoms with Gasteiger partial charge < -0.3 is 10.8 Å². The number of nitrogens with zero attached hydrogens (tertiary/aromatic N) is 1. The van der Waals surface area contributed by atoms with Gasteiger partial charge in [-0.3, -0.25) is 0 Å². The Kier molecular flexibility index (Phi) is 3.96. The van der Waals surface area contributed by atoms with Crippen LogP contribution < -0.4 is 5.73 Å². The number of benzene rings is 1. The zero-order chi connectivity index (χ0) is 13.3. The number of sulfonamides is 1. The van der Waals surface area contributed by atoms with E-state index >= 15 is 0 Å². The number of aliphatic hydroxyl groups excluding tert-OH is 1. The third-order valence-electron chi connectivity index (χ3n) is 3.08. The summed E-state index contributed by atoms with van der Waals surface area (Å²) in [6.07, 6.45) is 0.690. The predicted molar refractivity (Wildman–Crippen MR) is 72.5 cm³/mol. The normalized spacial score (nSPS) is 21.3. The fraction of sp³-hybridized carbons (Fsp3) is 0.455. The third kappa shape index (κ3) is 2.54. The van der Waals surface area contributed by atoms with Crippen molar-refractivity contribution in [1.82, 2.24) is 4.31 Å². The quantitative estimate of drug-likeness (QED) is 0.809. The van der Waals surface area contributed by atoms with Gasteiger partial charge in [-0.2, -0.15) is 4.31 Å². The first kappa shape index (κ1) is 13.8. The first-order chi connectivity index (χ1) is 8.45. The van der Waals surface area contributed by atoms with E-state index in [1.54, 1.807) is 12.1 Å². The van der Waals surface area contributed by atoms with Crippen LogP contribution in [-0.4, -0.2) is 37.5 Å². The molecule has 1 heterocycles. The third-order valence-corrected chi connectivity index (χ3v) is 5.94. The summed E-state index contributed by atoms with van der Waals surface area (Å²) in [5.41, 5.74) is 6.04. The number of nitrogen functional groups attached to an aromatic ring is 1. The Labute approximate surface area is 115 Å². The lowest BCUT2D eigenvalue weighted by atomic mass is 10.1. The Morgan fingerprint density at radius 3 is 2.83 bits per heavy atom. The number of hydrogen-bond acceptors (Lipinski definition) is 4. The molecule has 0 amide bonds. The fourth-order valence-corrected chi connectivity index (χ4v) is 4.51. The maximum Gasteiger partial charge on any atom is 0.244 e. The van der Waals surface area contributed by atoms with Gasteiger partial charge in [-0.1, -0.05) is 0 Å². The second-order valence-electron chi connectivity index (χ2n) is 4.39. The molecule has 1 saturated heterocycles. The Balaban J connectivity index is 2.34. The highest BCUT2D eigenvalue weighted by Gasteiger charge is 2.33. The van der Waals surface area contributed by atoms with Gasteiger partial charge in [0.2, 0.25) is 10.0 Å². The van der Waals surface area contributed by atoms with Crippen LogP contribution in [0.15, 0.2) is 27.6 Å². The largest absolute Gasteiger partial charge is 0.399 e. The molecular weight excluding hydrogens is 320 g/mol. The molecule has 0 bridgehead atoms. The first-order valence-corrected chi connectivity index (χ1v) is 7.84. The summed E-state index contributed by atoms with van der Waals surface area (Å²) in [6.45, 7) is 0.818. The lowest BCUT2D eigenvalue weighted by molar-refractivity contribution is 0.233. The molecule has 7 heteroatoms. The molecule has 1 fully saturated rings. The van der Waals surface area contributed by atoms with Crippen molar-refractivity contribution in [3.63, 3.8) is 0 Å². The molecule has 1 aromatic rings. The highest BCUT2D eigenvalue weighted by atomic mass is 79.9. The van der Waals surface area contributed by atoms with E-state index in [0.717, 1.165) is 0 Å². The van der Waals surface area contributed by atoms with Crippen molar-refractivity contribution in [3.05, 3.63) is 22.7 Å². The maximum atomic E-state index is 12.4. The predicted octanol–water partition coefficient (Wildman–Crippen LogP) is 1.03. The van der Waals surface area contributed by atoms with Crippen LogP contribution in [0.4, 0.5) is 5.69 Å². The highest BCUT2D eigenvalue weighted by molar-refractivity contribution is 9.10. The summed E-state index contributed by atoms with van der Waals surface area (Å²) in [4.78, 5) is 0.182. The van der Waals surface area contributed by atoms with Gasteiger partial charge in [-0.05, 0) is 46.5 Å². The van der Waals surface area contributed by atoms with E-state index in [9.17, 15) is 8.42 Å². The Hall–Kier alpha value is -0.630. The van der Waals surface area contributed by atoms with Crippen LogP contribution in [0.2, 0.25) is 0 Å². The molecule has 0 aliphatic carbocycles. The van der Waals surface area contributed by atoms with E-state index in [1.807, 2.05) is 0 Å². The van der Waals surface area contributed by atoms with Gasteiger partial charge in [0, 0.05) is 29.9 Å². The zero-order valence-electron chi connectivity index (χ0n) is 9.71. The standard InChI is InChI=1S/C11H15BrN2O3S/c12-10-2-1-9(13)5-11(10)18(16,17)14-4-3-8(6-14)7-15/h1-2,5,8,15H,3-4,6-7,13H2. The molecule has 0 saturated carbocycles. The summed E-state index contributed by atoms with van der Waals surface area (Å²) >= 11 is 3.23. The van der Waals surface area contributed by atoms with E-state index in [1.165, 1.54) is 10.4 Å². The number of anilines is 1. The summed E-state index contributed by atoms with van der Waals surface area (Å²) in [7, 11) is -3.54. The van der Waals surface area contributed by atoms with Crippen LogP contribution in [-0.2, 0) is 10.0 Å². The molecule has 0 spiro atoms. The van der Waals surface area contributed by atoms with Gasteiger partial charge in [0.1, 0.15) is 0 Å². The van der Waals surface area contributed by atoms with Crippen LogP contribution >= 0.6 is 15.9 Å². The van der Waals surface area contributed by atoms with Gasteiger partial charge in [-0.15, -0.1) is 0 Å². The van der Waals surface area contributed by atoms with Gasteiger partial charge in [0.25, 0.3) is 0 Å². The van der Waals surface area contributed by atoms with E-state index in [4.69, 9.17) is 10.8 Å². The van der Waals surface area contributed by atoms with Crippen LogP contribution in [0.5, 0.6) is 0 Å². The molecule has 5 nitrogen and oxygen atoms in total. The van der Waals surface area contributed by atoms with Gasteiger partial charge in [0.15, 0.2) is 0 Å². The molecule has 1 unspecified atom stereocenters. The van der Waals surface area contributed by atoms with Crippen molar-refractivity contribution in [1.29, 1.82) is 0 Å². The second-order valence-corrected chi connectivity index (χ2v) is 7.15. The van der Waals surface area contributed by atoms with Crippen LogP contribution in [0.3, 0.4) is 0 Å². The lowest BCUT2D eigenvalue weighted by Crippen LogP contribution is -2.29. The molecule has 1 aromatic carbocycles. The van der Waals surface area contributed by atoms with Crippen LogP contribution in [0.25, 0.3) is 0 Å². The minimum Gasteiger partial charge on any atom is -0.399 e. The smallest absolute Gasteiger partial charge is 0.244 e. The minimum atomic E-state index is -3.54. The molecule has 18 heavy (non-hydrogen) atoms. The zero-order valence-corrected chi connectivity index (χ0v) is 12.1. The summed E-state index contributed by atoms with van der Waals surface area (Å²) in [5.74, 6) is 0.0274. The number of aliphatic hydroxyl groups is 1. The van der Waals surface area contributed by atoms with Crippen LogP contribution in [0, 0.1) is 5.92 Å². The molecule has 1 atom stereocenters. The molecule has 2 rings (SSSR count). The molecule has 0 radical (unpaired) electrons. The van der Waals surface area contributed by atoms with E-state index in [-0.39, 0.29) is 17.4 Å². The second kappa shape index (κ2) is 5.16. The number of hydrogen-bond donors (Lipinski definition) is 2. The first-order valence-electron chi connectivity index (χ1n) is 5.61. The average molecular weight is 335 g/mol. The van der Waals surface area contributed by atoms with Crippen molar-refractivity contribution < 1.29 is 13.5 Å². The molecule has 1 aliphatic heterocycles. The number of halogens is 1. The maximum absolute atomic E-state index is 12.4. The van der Waals surface area contributed by atoms with E-state index in [2.05, 4.69) is 15.9 Å². The van der Waals surface area contributed by atoms with Crippen molar-refractivity contribution in [3.8, 4) is 0 Å². The van der Waals surface area contributed by atoms with Crippen molar-refractivity contribution in [2.45, 2.75) is 11.3 Å². The molecule has 3 N–H and O–H groups in total. The van der Waals surface area contributed by atoms with Gasteiger partial charge >= 0.3 is 0 Å². The number of rotatable bonds is 3. The molecule has 0 aromatic heterocycles. The van der Waals surface area contributed by atoms with Crippen LogP contribution in [0.1, 0.15) is 6.42 Å². The Morgan fingerprint density at radius 2 is 2.22 bits per heavy atom. The SMILES string of the molecule is Nc1ccc(Br)c(S(=O)(=O)N2CCC(CO)C2)c1. The Bertz CT molecular complexity index is 547. The molecular formula is C11H15BrN2O3S. The average Bonchev–Trinajstić information content (AvgIpc) is 2.81. The summed E-state index contributed by atoms with van der Waals surface area (Å²) in [6, 6.07) is 4.72.